The van der Waals surface area contributed by atoms with Crippen LogP contribution >= 0.6 is 0 Å². The molecule has 0 saturated carbocycles. The summed E-state index contributed by atoms with van der Waals surface area (Å²) in [4.78, 5) is 4.28. The first-order valence-corrected chi connectivity index (χ1v) is 6.45. The van der Waals surface area contributed by atoms with Gasteiger partial charge in [-0.1, -0.05) is 18.1 Å². The summed E-state index contributed by atoms with van der Waals surface area (Å²) >= 11 is 0. The molecule has 2 N–H and O–H groups in total. The highest BCUT2D eigenvalue weighted by Crippen LogP contribution is 2.18. The van der Waals surface area contributed by atoms with Crippen LogP contribution in [0.3, 0.4) is 0 Å². The van der Waals surface area contributed by atoms with E-state index >= 15 is 0 Å². The Morgan fingerprint density at radius 1 is 1.21 bits per heavy atom. The van der Waals surface area contributed by atoms with E-state index in [2.05, 4.69) is 25.8 Å². The first kappa shape index (κ1) is 13.5. The largest absolute Gasteiger partial charge is 0.406 e. The SMILES string of the molecule is CCNC(C)c1nnc(NC(C)c2ccccn2)o1. The van der Waals surface area contributed by atoms with Crippen molar-refractivity contribution >= 4 is 6.01 Å². The standard InChI is InChI=1S/C13H19N5O/c1-4-14-10(3)12-17-18-13(19-12)16-9(2)11-7-5-6-8-15-11/h5-10,14H,4H2,1-3H3,(H,16,18). The Bertz CT molecular complexity index is 499. The molecule has 2 rings (SSSR count). The molecule has 0 aromatic carbocycles. The Labute approximate surface area is 112 Å². The minimum absolute atomic E-state index is 0.0175. The van der Waals surface area contributed by atoms with Gasteiger partial charge >= 0.3 is 6.01 Å². The lowest BCUT2D eigenvalue weighted by Crippen LogP contribution is -2.17. The van der Waals surface area contributed by atoms with Crippen LogP contribution in [0, 0.1) is 0 Å². The molecule has 2 unspecified atom stereocenters. The summed E-state index contributed by atoms with van der Waals surface area (Å²) in [6.07, 6.45) is 1.76. The molecule has 2 heterocycles. The Hall–Kier alpha value is -1.95. The molecule has 0 radical (unpaired) electrons. The summed E-state index contributed by atoms with van der Waals surface area (Å²) in [6.45, 7) is 6.88. The second-order valence-corrected chi connectivity index (χ2v) is 4.35. The normalized spacial score (nSPS) is 14.1. The molecular weight excluding hydrogens is 242 g/mol. The number of aromatic nitrogens is 3. The second-order valence-electron chi connectivity index (χ2n) is 4.35. The molecule has 0 amide bonds. The van der Waals surface area contributed by atoms with Crippen LogP contribution in [0.5, 0.6) is 0 Å². The van der Waals surface area contributed by atoms with Crippen LogP contribution in [0.15, 0.2) is 28.8 Å². The minimum Gasteiger partial charge on any atom is -0.406 e. The average Bonchev–Trinajstić information content (AvgIpc) is 2.88. The molecule has 0 saturated heterocycles. The first-order valence-electron chi connectivity index (χ1n) is 6.45. The number of nitrogens with zero attached hydrogens (tertiary/aromatic N) is 3. The predicted molar refractivity (Wildman–Crippen MR) is 72.7 cm³/mol. The van der Waals surface area contributed by atoms with Crippen molar-refractivity contribution in [3.8, 4) is 0 Å². The van der Waals surface area contributed by atoms with Crippen LogP contribution < -0.4 is 10.6 Å². The van der Waals surface area contributed by atoms with E-state index < -0.39 is 0 Å². The van der Waals surface area contributed by atoms with Gasteiger partial charge in [0, 0.05) is 6.20 Å². The van der Waals surface area contributed by atoms with Gasteiger partial charge in [0.2, 0.25) is 5.89 Å². The number of pyridine rings is 1. The van der Waals surface area contributed by atoms with Gasteiger partial charge in [0.15, 0.2) is 0 Å². The van der Waals surface area contributed by atoms with Crippen molar-refractivity contribution in [2.24, 2.45) is 0 Å². The number of nitrogens with one attached hydrogen (secondary N) is 2. The summed E-state index contributed by atoms with van der Waals surface area (Å²) < 4.78 is 5.57. The molecule has 6 nitrogen and oxygen atoms in total. The lowest BCUT2D eigenvalue weighted by molar-refractivity contribution is 0.427. The third-order valence-electron chi connectivity index (χ3n) is 2.79. The maximum absolute atomic E-state index is 5.57. The summed E-state index contributed by atoms with van der Waals surface area (Å²) in [6, 6.07) is 6.28. The molecule has 0 aliphatic rings. The van der Waals surface area contributed by atoms with E-state index in [-0.39, 0.29) is 12.1 Å². The van der Waals surface area contributed by atoms with Gasteiger partial charge in [0.25, 0.3) is 0 Å². The van der Waals surface area contributed by atoms with Gasteiger partial charge in [-0.2, -0.15) is 0 Å². The molecule has 6 heteroatoms. The molecule has 0 fully saturated rings. The highest BCUT2D eigenvalue weighted by Gasteiger charge is 2.15. The van der Waals surface area contributed by atoms with Crippen molar-refractivity contribution in [3.63, 3.8) is 0 Å². The van der Waals surface area contributed by atoms with Gasteiger partial charge in [-0.15, -0.1) is 5.10 Å². The predicted octanol–water partition coefficient (Wildman–Crippen LogP) is 2.31. The summed E-state index contributed by atoms with van der Waals surface area (Å²) in [5.74, 6) is 0.581. The van der Waals surface area contributed by atoms with Crippen LogP contribution in [0.4, 0.5) is 6.01 Å². The Balaban J connectivity index is 2.00. The zero-order valence-corrected chi connectivity index (χ0v) is 11.4. The maximum Gasteiger partial charge on any atom is 0.316 e. The fourth-order valence-corrected chi connectivity index (χ4v) is 1.75. The first-order chi connectivity index (χ1) is 9.20. The zero-order chi connectivity index (χ0) is 13.7. The van der Waals surface area contributed by atoms with Gasteiger partial charge in [0.1, 0.15) is 0 Å². The summed E-state index contributed by atoms with van der Waals surface area (Å²) in [7, 11) is 0. The zero-order valence-electron chi connectivity index (χ0n) is 11.4. The topological polar surface area (TPSA) is 75.9 Å². The van der Waals surface area contributed by atoms with Crippen molar-refractivity contribution in [1.29, 1.82) is 0 Å². The van der Waals surface area contributed by atoms with Gasteiger partial charge in [-0.25, -0.2) is 0 Å². The molecule has 0 aliphatic heterocycles. The van der Waals surface area contributed by atoms with E-state index in [9.17, 15) is 0 Å². The second kappa shape index (κ2) is 6.29. The summed E-state index contributed by atoms with van der Waals surface area (Å²) in [5.41, 5.74) is 0.932. The van der Waals surface area contributed by atoms with Crippen molar-refractivity contribution in [2.75, 3.05) is 11.9 Å². The molecular formula is C13H19N5O. The van der Waals surface area contributed by atoms with Crippen molar-refractivity contribution in [2.45, 2.75) is 32.9 Å². The molecule has 0 aliphatic carbocycles. The van der Waals surface area contributed by atoms with E-state index in [0.717, 1.165) is 12.2 Å². The number of anilines is 1. The average molecular weight is 261 g/mol. The number of rotatable bonds is 6. The van der Waals surface area contributed by atoms with Gasteiger partial charge in [-0.3, -0.25) is 4.98 Å². The van der Waals surface area contributed by atoms with Crippen LogP contribution in [0.2, 0.25) is 0 Å². The van der Waals surface area contributed by atoms with E-state index in [1.165, 1.54) is 0 Å². The van der Waals surface area contributed by atoms with Crippen LogP contribution in [-0.2, 0) is 0 Å². The smallest absolute Gasteiger partial charge is 0.316 e. The highest BCUT2D eigenvalue weighted by atomic mass is 16.4. The van der Waals surface area contributed by atoms with E-state index in [0.29, 0.717) is 11.9 Å². The molecule has 19 heavy (non-hydrogen) atoms. The molecule has 2 atom stereocenters. The molecule has 102 valence electrons. The Morgan fingerprint density at radius 2 is 2.05 bits per heavy atom. The third kappa shape index (κ3) is 3.51. The Morgan fingerprint density at radius 3 is 2.74 bits per heavy atom. The third-order valence-corrected chi connectivity index (χ3v) is 2.79. The highest BCUT2D eigenvalue weighted by molar-refractivity contribution is 5.24. The van der Waals surface area contributed by atoms with Crippen molar-refractivity contribution < 1.29 is 4.42 Å². The van der Waals surface area contributed by atoms with Gasteiger partial charge in [-0.05, 0) is 32.5 Å². The monoisotopic (exact) mass is 261 g/mol. The molecule has 0 spiro atoms. The number of hydrogen-bond donors (Lipinski definition) is 2. The van der Waals surface area contributed by atoms with Gasteiger partial charge in [0.05, 0.1) is 17.8 Å². The van der Waals surface area contributed by atoms with Crippen LogP contribution in [0.25, 0.3) is 0 Å². The maximum atomic E-state index is 5.57. The van der Waals surface area contributed by atoms with Crippen LogP contribution in [0.1, 0.15) is 44.4 Å². The van der Waals surface area contributed by atoms with Crippen molar-refractivity contribution in [3.05, 3.63) is 36.0 Å². The molecule has 2 aromatic heterocycles. The Kier molecular flexibility index (Phi) is 4.46. The molecule has 0 bridgehead atoms. The van der Waals surface area contributed by atoms with Crippen molar-refractivity contribution in [1.82, 2.24) is 20.5 Å². The lowest BCUT2D eigenvalue weighted by atomic mass is 10.2. The summed E-state index contributed by atoms with van der Waals surface area (Å²) in [5, 5.41) is 14.4. The number of hydrogen-bond acceptors (Lipinski definition) is 6. The fourth-order valence-electron chi connectivity index (χ4n) is 1.75. The van der Waals surface area contributed by atoms with Gasteiger partial charge < -0.3 is 15.1 Å². The van der Waals surface area contributed by atoms with E-state index in [1.54, 1.807) is 6.20 Å². The fraction of sp³-hybridized carbons (Fsp3) is 0.462. The minimum atomic E-state index is 0.0175. The molecule has 2 aromatic rings. The van der Waals surface area contributed by atoms with Crippen LogP contribution in [-0.4, -0.2) is 21.7 Å². The van der Waals surface area contributed by atoms with E-state index in [1.807, 2.05) is 39.0 Å². The van der Waals surface area contributed by atoms with E-state index in [4.69, 9.17) is 4.42 Å². The lowest BCUT2D eigenvalue weighted by Gasteiger charge is -2.10. The quantitative estimate of drug-likeness (QED) is 0.831.